The minimum Gasteiger partial charge on any atom is -0.404 e. The second-order valence-electron chi connectivity index (χ2n) is 2.98. The quantitative estimate of drug-likeness (QED) is 0.627. The number of hydrogen-bond acceptors (Lipinski definition) is 3. The molecule has 1 rings (SSSR count). The Labute approximate surface area is 110 Å². The highest BCUT2D eigenvalue weighted by Gasteiger charge is 2.39. The Morgan fingerprint density at radius 2 is 1.78 bits per heavy atom. The largest absolute Gasteiger partial charge is 0.573 e. The Hall–Kier alpha value is -0.780. The van der Waals surface area contributed by atoms with Crippen molar-refractivity contribution in [2.24, 2.45) is 0 Å². The fraction of sp³-hybridized carbons (Fsp3) is 0.375. The second kappa shape index (κ2) is 5.07. The summed E-state index contributed by atoms with van der Waals surface area (Å²) in [6.07, 6.45) is -9.58. The minimum absolute atomic E-state index is 0.482. The number of hydrogen-bond donors (Lipinski definition) is 1. The van der Waals surface area contributed by atoms with Gasteiger partial charge < -0.3 is 9.84 Å². The summed E-state index contributed by atoms with van der Waals surface area (Å²) < 4.78 is 76.1. The molecule has 1 aromatic heterocycles. The van der Waals surface area contributed by atoms with Crippen LogP contribution in [-0.4, -0.2) is 16.5 Å². The average molecular weight is 387 g/mol. The summed E-state index contributed by atoms with van der Waals surface area (Å²) in [6, 6.07) is 0. The molecular weight excluding hydrogens is 383 g/mol. The minimum atomic E-state index is -5.16. The second-order valence-corrected chi connectivity index (χ2v) is 4.06. The van der Waals surface area contributed by atoms with Crippen LogP contribution in [0.1, 0.15) is 11.3 Å². The molecule has 1 heterocycles. The molecule has 1 aromatic rings. The van der Waals surface area contributed by atoms with Crippen molar-refractivity contribution >= 4 is 22.6 Å². The topological polar surface area (TPSA) is 42.4 Å². The van der Waals surface area contributed by atoms with Gasteiger partial charge in [0.05, 0.1) is 10.2 Å². The van der Waals surface area contributed by atoms with Gasteiger partial charge in [-0.05, 0) is 22.6 Å². The van der Waals surface area contributed by atoms with Gasteiger partial charge in [-0.15, -0.1) is 13.2 Å². The maximum Gasteiger partial charge on any atom is 0.573 e. The highest BCUT2D eigenvalue weighted by molar-refractivity contribution is 14.1. The van der Waals surface area contributed by atoms with Gasteiger partial charge in [-0.25, -0.2) is 0 Å². The molecule has 0 aliphatic rings. The number of pyridine rings is 1. The van der Waals surface area contributed by atoms with Gasteiger partial charge in [0, 0.05) is 11.8 Å². The van der Waals surface area contributed by atoms with E-state index in [9.17, 15) is 26.3 Å². The van der Waals surface area contributed by atoms with E-state index in [1.165, 1.54) is 0 Å². The molecule has 102 valence electrons. The average Bonchev–Trinajstić information content (AvgIpc) is 2.17. The first-order chi connectivity index (χ1) is 8.06. The van der Waals surface area contributed by atoms with E-state index in [-0.39, 0.29) is 0 Å². The number of rotatable bonds is 2. The van der Waals surface area contributed by atoms with Crippen LogP contribution >= 0.6 is 22.6 Å². The van der Waals surface area contributed by atoms with E-state index in [1.54, 1.807) is 0 Å². The van der Waals surface area contributed by atoms with E-state index in [1.807, 2.05) is 0 Å². The van der Waals surface area contributed by atoms with Crippen LogP contribution in [0.15, 0.2) is 6.20 Å². The lowest BCUT2D eigenvalue weighted by atomic mass is 10.2. The molecule has 18 heavy (non-hydrogen) atoms. The normalized spacial score (nSPS) is 12.7. The molecule has 0 fully saturated rings. The lowest BCUT2D eigenvalue weighted by molar-refractivity contribution is -0.275. The van der Waals surface area contributed by atoms with E-state index < -0.39 is 39.7 Å². The van der Waals surface area contributed by atoms with Crippen LogP contribution in [0.5, 0.6) is 5.75 Å². The molecule has 0 amide bonds. The van der Waals surface area contributed by atoms with Crippen LogP contribution < -0.4 is 4.74 Å². The van der Waals surface area contributed by atoms with Crippen LogP contribution in [0, 0.1) is 3.57 Å². The van der Waals surface area contributed by atoms with E-state index in [0.717, 1.165) is 22.6 Å². The van der Waals surface area contributed by atoms with Crippen molar-refractivity contribution in [2.45, 2.75) is 19.1 Å². The van der Waals surface area contributed by atoms with Crippen molar-refractivity contribution in [3.8, 4) is 5.75 Å². The molecular formula is C8H4F6INO2. The number of ether oxygens (including phenoxy) is 1. The molecule has 10 heteroatoms. The first-order valence-corrected chi connectivity index (χ1v) is 5.25. The number of aliphatic hydroxyl groups is 1. The van der Waals surface area contributed by atoms with Gasteiger partial charge >= 0.3 is 12.5 Å². The van der Waals surface area contributed by atoms with Gasteiger partial charge in [0.1, 0.15) is 0 Å². The molecule has 0 spiro atoms. The highest BCUT2D eigenvalue weighted by atomic mass is 127. The summed E-state index contributed by atoms with van der Waals surface area (Å²) in [5, 5.41) is 8.76. The maximum absolute atomic E-state index is 12.4. The third-order valence-electron chi connectivity index (χ3n) is 1.71. The Morgan fingerprint density at radius 3 is 2.17 bits per heavy atom. The smallest absolute Gasteiger partial charge is 0.404 e. The number of alkyl halides is 6. The first-order valence-electron chi connectivity index (χ1n) is 4.17. The van der Waals surface area contributed by atoms with Crippen molar-refractivity contribution in [2.75, 3.05) is 0 Å². The fourth-order valence-corrected chi connectivity index (χ4v) is 1.94. The number of nitrogens with zero attached hydrogens (tertiary/aromatic N) is 1. The molecule has 0 radical (unpaired) electrons. The van der Waals surface area contributed by atoms with Crippen molar-refractivity contribution < 1.29 is 36.2 Å². The molecule has 0 saturated heterocycles. The van der Waals surface area contributed by atoms with Gasteiger partial charge in [-0.2, -0.15) is 13.2 Å². The lowest BCUT2D eigenvalue weighted by Gasteiger charge is -2.16. The summed E-state index contributed by atoms with van der Waals surface area (Å²) >= 11 is 1.04. The molecule has 0 saturated carbocycles. The predicted molar refractivity (Wildman–Crippen MR) is 54.6 cm³/mol. The zero-order valence-corrected chi connectivity index (χ0v) is 10.4. The Balaban J connectivity index is 3.37. The standard InChI is InChI=1S/C8H4F6INO2/c9-7(10,11)6-4(15)5(18-8(12,13)14)3(2-17)1-16-6/h1,17H,2H2. The predicted octanol–water partition coefficient (Wildman–Crippen LogP) is 3.10. The molecule has 1 N–H and O–H groups in total. The summed E-state index contributed by atoms with van der Waals surface area (Å²) in [7, 11) is 0. The van der Waals surface area contributed by atoms with Crippen molar-refractivity contribution in [3.63, 3.8) is 0 Å². The Kier molecular flexibility index (Phi) is 4.30. The van der Waals surface area contributed by atoms with Gasteiger partial charge in [-0.3, -0.25) is 4.98 Å². The number of halogens is 7. The third-order valence-corrected chi connectivity index (χ3v) is 2.71. The zero-order chi connectivity index (χ0) is 14.1. The molecule has 3 nitrogen and oxygen atoms in total. The Morgan fingerprint density at radius 1 is 1.22 bits per heavy atom. The van der Waals surface area contributed by atoms with E-state index in [4.69, 9.17) is 5.11 Å². The number of aromatic nitrogens is 1. The van der Waals surface area contributed by atoms with Crippen LogP contribution in [0.2, 0.25) is 0 Å². The van der Waals surface area contributed by atoms with Gasteiger partial charge in [-0.1, -0.05) is 0 Å². The molecule has 0 aliphatic carbocycles. The zero-order valence-electron chi connectivity index (χ0n) is 8.23. The van der Waals surface area contributed by atoms with Crippen molar-refractivity contribution in [1.29, 1.82) is 0 Å². The summed E-state index contributed by atoms with van der Waals surface area (Å²) in [6.45, 7) is -0.924. The monoisotopic (exact) mass is 387 g/mol. The van der Waals surface area contributed by atoms with Crippen molar-refractivity contribution in [3.05, 3.63) is 21.0 Å². The summed E-state index contributed by atoms with van der Waals surface area (Å²) in [5.41, 5.74) is -1.98. The van der Waals surface area contributed by atoms with Crippen molar-refractivity contribution in [1.82, 2.24) is 4.98 Å². The van der Waals surface area contributed by atoms with E-state index in [2.05, 4.69) is 9.72 Å². The van der Waals surface area contributed by atoms with E-state index >= 15 is 0 Å². The summed E-state index contributed by atoms with van der Waals surface area (Å²) in [5.74, 6) is -1.09. The Bertz CT molecular complexity index is 444. The maximum atomic E-state index is 12.4. The number of aliphatic hydroxyl groups excluding tert-OH is 1. The van der Waals surface area contributed by atoms with Crippen LogP contribution in [0.3, 0.4) is 0 Å². The molecule has 0 aromatic carbocycles. The third kappa shape index (κ3) is 3.60. The molecule has 0 atom stereocenters. The SMILES string of the molecule is OCc1cnc(C(F)(F)F)c(I)c1OC(F)(F)F. The van der Waals surface area contributed by atoms with Gasteiger partial charge in [0.2, 0.25) is 0 Å². The fourth-order valence-electron chi connectivity index (χ4n) is 1.04. The van der Waals surface area contributed by atoms with E-state index in [0.29, 0.717) is 6.20 Å². The molecule has 0 bridgehead atoms. The highest BCUT2D eigenvalue weighted by Crippen LogP contribution is 2.38. The van der Waals surface area contributed by atoms with Gasteiger partial charge in [0.15, 0.2) is 11.4 Å². The molecule has 0 unspecified atom stereocenters. The van der Waals surface area contributed by atoms with Crippen LogP contribution in [0.4, 0.5) is 26.3 Å². The van der Waals surface area contributed by atoms with Crippen LogP contribution in [-0.2, 0) is 12.8 Å². The van der Waals surface area contributed by atoms with Gasteiger partial charge in [0.25, 0.3) is 0 Å². The first kappa shape index (κ1) is 15.3. The molecule has 0 aliphatic heterocycles. The summed E-state index contributed by atoms with van der Waals surface area (Å²) in [4.78, 5) is 2.97. The van der Waals surface area contributed by atoms with Crippen LogP contribution in [0.25, 0.3) is 0 Å². The lowest BCUT2D eigenvalue weighted by Crippen LogP contribution is -2.21.